The van der Waals surface area contributed by atoms with Crippen molar-refractivity contribution in [3.63, 3.8) is 0 Å². The van der Waals surface area contributed by atoms with E-state index in [1.165, 1.54) is 14.2 Å². The van der Waals surface area contributed by atoms with Crippen molar-refractivity contribution in [2.45, 2.75) is 18.9 Å². The highest BCUT2D eigenvalue weighted by molar-refractivity contribution is 6.46. The van der Waals surface area contributed by atoms with E-state index in [-0.39, 0.29) is 18.1 Å². The second kappa shape index (κ2) is 9.50. The Balaban J connectivity index is 1.58. The molecule has 3 heterocycles. The molecule has 1 unspecified atom stereocenters. The molecule has 35 heavy (non-hydrogen) atoms. The third-order valence-electron chi connectivity index (χ3n) is 6.77. The summed E-state index contributed by atoms with van der Waals surface area (Å²) in [6.45, 7) is 3.09. The van der Waals surface area contributed by atoms with Gasteiger partial charge >= 0.3 is 0 Å². The maximum atomic E-state index is 13.3. The van der Waals surface area contributed by atoms with Crippen LogP contribution in [0.15, 0.2) is 42.0 Å². The van der Waals surface area contributed by atoms with Gasteiger partial charge in [-0.1, -0.05) is 6.07 Å². The number of hydrogen-bond donors (Lipinski definition) is 1. The fourth-order valence-corrected chi connectivity index (χ4v) is 4.93. The molecule has 2 aromatic carbocycles. The molecule has 0 bridgehead atoms. The number of carbonyl (C=O) groups is 2. The molecule has 0 aromatic heterocycles. The van der Waals surface area contributed by atoms with E-state index in [1.807, 2.05) is 0 Å². The van der Waals surface area contributed by atoms with Crippen LogP contribution in [0.1, 0.15) is 30.0 Å². The Hall–Kier alpha value is -3.72. The van der Waals surface area contributed by atoms with Crippen LogP contribution in [0.25, 0.3) is 5.76 Å². The van der Waals surface area contributed by atoms with E-state index >= 15 is 0 Å². The molecule has 3 aliphatic rings. The van der Waals surface area contributed by atoms with Gasteiger partial charge in [0.2, 0.25) is 6.79 Å². The molecule has 2 fully saturated rings. The predicted octanol–water partition coefficient (Wildman–Crippen LogP) is 2.95. The predicted molar refractivity (Wildman–Crippen MR) is 127 cm³/mol. The highest BCUT2D eigenvalue weighted by Crippen LogP contribution is 2.43. The highest BCUT2D eigenvalue weighted by atomic mass is 16.7. The number of nitrogens with zero attached hydrogens (tertiary/aromatic N) is 2. The fourth-order valence-electron chi connectivity index (χ4n) is 4.93. The van der Waals surface area contributed by atoms with Crippen LogP contribution in [0.3, 0.4) is 0 Å². The zero-order valence-electron chi connectivity index (χ0n) is 19.8. The standard InChI is InChI=1S/C26H28N2O7/c1-32-18-7-6-17(14-20(18)33-2)24(29)22-23(16-5-8-19-21(13-16)35-15-34-19)28(26(31)25(22)30)12-11-27-9-3-4-10-27/h5-8,13-14,23,29H,3-4,9-12,15H2,1-2H3. The van der Waals surface area contributed by atoms with Crippen LogP contribution in [-0.4, -0.2) is 73.8 Å². The van der Waals surface area contributed by atoms with Crippen molar-refractivity contribution in [3.05, 3.63) is 53.1 Å². The molecule has 5 rings (SSSR count). The first kappa shape index (κ1) is 23.0. The number of fused-ring (bicyclic) bond motifs is 1. The van der Waals surface area contributed by atoms with E-state index in [2.05, 4.69) is 4.90 Å². The number of rotatable bonds is 7. The van der Waals surface area contributed by atoms with Crippen molar-refractivity contribution in [3.8, 4) is 23.0 Å². The number of benzene rings is 2. The number of hydrogen-bond acceptors (Lipinski definition) is 8. The summed E-state index contributed by atoms with van der Waals surface area (Å²) in [6.07, 6.45) is 2.26. The zero-order chi connectivity index (χ0) is 24.5. The summed E-state index contributed by atoms with van der Waals surface area (Å²) in [5.74, 6) is 0.411. The summed E-state index contributed by atoms with van der Waals surface area (Å²) in [4.78, 5) is 30.3. The number of likely N-dealkylation sites (tertiary alicyclic amines) is 2. The Morgan fingerprint density at radius 2 is 1.71 bits per heavy atom. The lowest BCUT2D eigenvalue weighted by Crippen LogP contribution is -2.37. The van der Waals surface area contributed by atoms with Gasteiger partial charge in [-0.05, 0) is 61.8 Å². The number of aliphatic hydroxyl groups excluding tert-OH is 1. The van der Waals surface area contributed by atoms with Crippen LogP contribution in [0, 0.1) is 0 Å². The zero-order valence-corrected chi connectivity index (χ0v) is 19.8. The van der Waals surface area contributed by atoms with E-state index in [4.69, 9.17) is 18.9 Å². The largest absolute Gasteiger partial charge is 0.507 e. The molecule has 9 heteroatoms. The molecule has 2 aromatic rings. The molecule has 0 saturated carbocycles. The van der Waals surface area contributed by atoms with Crippen molar-refractivity contribution >= 4 is 17.4 Å². The Labute approximate surface area is 203 Å². The minimum absolute atomic E-state index is 0.0301. The summed E-state index contributed by atoms with van der Waals surface area (Å²) in [7, 11) is 3.01. The molecule has 1 atom stereocenters. The smallest absolute Gasteiger partial charge is 0.295 e. The first-order valence-electron chi connectivity index (χ1n) is 11.6. The van der Waals surface area contributed by atoms with Crippen molar-refractivity contribution in [2.24, 2.45) is 0 Å². The van der Waals surface area contributed by atoms with Gasteiger partial charge in [-0.2, -0.15) is 0 Å². The normalized spacial score (nSPS) is 21.1. The molecule has 2 saturated heterocycles. The van der Waals surface area contributed by atoms with E-state index in [0.717, 1.165) is 25.9 Å². The lowest BCUT2D eigenvalue weighted by molar-refractivity contribution is -0.140. The van der Waals surface area contributed by atoms with Gasteiger partial charge in [0.25, 0.3) is 11.7 Å². The summed E-state index contributed by atoms with van der Waals surface area (Å²) in [5.41, 5.74) is 1.05. The number of aliphatic hydroxyl groups is 1. The first-order chi connectivity index (χ1) is 17.0. The van der Waals surface area contributed by atoms with Crippen LogP contribution in [0.4, 0.5) is 0 Å². The van der Waals surface area contributed by atoms with Gasteiger partial charge in [0.1, 0.15) is 5.76 Å². The van der Waals surface area contributed by atoms with Crippen molar-refractivity contribution < 1.29 is 33.6 Å². The molecule has 1 amide bonds. The maximum absolute atomic E-state index is 13.3. The molecular weight excluding hydrogens is 452 g/mol. The monoisotopic (exact) mass is 480 g/mol. The molecule has 3 aliphatic heterocycles. The number of amides is 1. The third kappa shape index (κ3) is 4.16. The van der Waals surface area contributed by atoms with Crippen LogP contribution in [0.5, 0.6) is 23.0 Å². The third-order valence-corrected chi connectivity index (χ3v) is 6.77. The molecule has 0 radical (unpaired) electrons. The first-order valence-corrected chi connectivity index (χ1v) is 11.6. The van der Waals surface area contributed by atoms with E-state index in [0.29, 0.717) is 47.2 Å². The minimum atomic E-state index is -0.764. The Bertz CT molecular complexity index is 1190. The number of ether oxygens (including phenoxy) is 4. The van der Waals surface area contributed by atoms with Gasteiger partial charge < -0.3 is 33.9 Å². The quantitative estimate of drug-likeness (QED) is 0.367. The average Bonchev–Trinajstić information content (AvgIpc) is 3.62. The van der Waals surface area contributed by atoms with E-state index in [1.54, 1.807) is 41.3 Å². The average molecular weight is 481 g/mol. The van der Waals surface area contributed by atoms with Gasteiger partial charge in [-0.15, -0.1) is 0 Å². The molecule has 1 N–H and O–H groups in total. The highest BCUT2D eigenvalue weighted by Gasteiger charge is 2.46. The van der Waals surface area contributed by atoms with Gasteiger partial charge in [0.05, 0.1) is 25.8 Å². The van der Waals surface area contributed by atoms with Crippen LogP contribution >= 0.6 is 0 Å². The van der Waals surface area contributed by atoms with E-state index < -0.39 is 17.7 Å². The molecule has 0 spiro atoms. The fraction of sp³-hybridized carbons (Fsp3) is 0.385. The van der Waals surface area contributed by atoms with Gasteiger partial charge in [0, 0.05) is 18.7 Å². The number of carbonyl (C=O) groups excluding carboxylic acids is 2. The molecular formula is C26H28N2O7. The summed E-state index contributed by atoms with van der Waals surface area (Å²) in [5, 5.41) is 11.3. The second-order valence-corrected chi connectivity index (χ2v) is 8.72. The van der Waals surface area contributed by atoms with Crippen molar-refractivity contribution in [1.82, 2.24) is 9.80 Å². The SMILES string of the molecule is COc1ccc(C(O)=C2C(=O)C(=O)N(CCN3CCCC3)C2c2ccc3c(c2)OCO3)cc1OC. The van der Waals surface area contributed by atoms with Crippen molar-refractivity contribution in [2.75, 3.05) is 47.2 Å². The lowest BCUT2D eigenvalue weighted by atomic mass is 9.95. The lowest BCUT2D eigenvalue weighted by Gasteiger charge is -2.27. The second-order valence-electron chi connectivity index (χ2n) is 8.72. The topological polar surface area (TPSA) is 97.8 Å². The van der Waals surface area contributed by atoms with Crippen LogP contribution in [-0.2, 0) is 9.59 Å². The van der Waals surface area contributed by atoms with Crippen LogP contribution < -0.4 is 18.9 Å². The molecule has 0 aliphatic carbocycles. The summed E-state index contributed by atoms with van der Waals surface area (Å²) >= 11 is 0. The summed E-state index contributed by atoms with van der Waals surface area (Å²) < 4.78 is 21.6. The molecule has 9 nitrogen and oxygen atoms in total. The van der Waals surface area contributed by atoms with Crippen LogP contribution in [0.2, 0.25) is 0 Å². The Morgan fingerprint density at radius 1 is 0.971 bits per heavy atom. The van der Waals surface area contributed by atoms with Gasteiger partial charge in [0.15, 0.2) is 23.0 Å². The summed E-state index contributed by atoms with van der Waals surface area (Å²) in [6, 6.07) is 9.42. The maximum Gasteiger partial charge on any atom is 0.295 e. The van der Waals surface area contributed by atoms with Gasteiger partial charge in [-0.3, -0.25) is 9.59 Å². The molecule has 184 valence electrons. The number of Topliss-reactive ketones (excluding diaryl/α,β-unsaturated/α-hetero) is 1. The number of ketones is 1. The Morgan fingerprint density at radius 3 is 2.46 bits per heavy atom. The Kier molecular flexibility index (Phi) is 6.25. The number of methoxy groups -OCH3 is 2. The van der Waals surface area contributed by atoms with Gasteiger partial charge in [-0.25, -0.2) is 0 Å². The van der Waals surface area contributed by atoms with Crippen molar-refractivity contribution in [1.29, 1.82) is 0 Å². The minimum Gasteiger partial charge on any atom is -0.507 e. The van der Waals surface area contributed by atoms with E-state index in [9.17, 15) is 14.7 Å².